The minimum atomic E-state index is -0.477. The van der Waals surface area contributed by atoms with Crippen molar-refractivity contribution < 1.29 is 9.84 Å². The van der Waals surface area contributed by atoms with Gasteiger partial charge in [0.1, 0.15) is 18.5 Å². The van der Waals surface area contributed by atoms with Crippen molar-refractivity contribution in [2.24, 2.45) is 0 Å². The summed E-state index contributed by atoms with van der Waals surface area (Å²) in [6.07, 6.45) is 0.579. The minimum Gasteiger partial charge on any atom is -0.491 e. The van der Waals surface area contributed by atoms with Crippen LogP contribution in [0.4, 0.5) is 0 Å². The zero-order valence-corrected chi connectivity index (χ0v) is 15.5. The van der Waals surface area contributed by atoms with Crippen LogP contribution < -0.4 is 4.74 Å². The number of aliphatic hydroxyl groups is 1. The SMILES string of the molecule is Cc1cc(OC[C@H](O)CN2CCc3ccccc3C2)ccc1C(C)C. The Hall–Kier alpha value is -1.84. The highest BCUT2D eigenvalue weighted by Crippen LogP contribution is 2.24. The first-order valence-electron chi connectivity index (χ1n) is 9.23. The zero-order valence-electron chi connectivity index (χ0n) is 15.5. The van der Waals surface area contributed by atoms with E-state index in [1.54, 1.807) is 0 Å². The summed E-state index contributed by atoms with van der Waals surface area (Å²) >= 11 is 0. The molecule has 0 saturated heterocycles. The smallest absolute Gasteiger partial charge is 0.119 e. The molecule has 0 aromatic heterocycles. The van der Waals surface area contributed by atoms with Crippen LogP contribution in [0.5, 0.6) is 5.75 Å². The number of aliphatic hydroxyl groups excluding tert-OH is 1. The van der Waals surface area contributed by atoms with Gasteiger partial charge in [0.05, 0.1) is 0 Å². The molecule has 0 fully saturated rings. The van der Waals surface area contributed by atoms with Crippen LogP contribution in [0.25, 0.3) is 0 Å². The van der Waals surface area contributed by atoms with Gasteiger partial charge in [0, 0.05) is 19.6 Å². The van der Waals surface area contributed by atoms with Crippen LogP contribution in [0.2, 0.25) is 0 Å². The second-order valence-electron chi connectivity index (χ2n) is 7.39. The van der Waals surface area contributed by atoms with Gasteiger partial charge < -0.3 is 9.84 Å². The number of hydrogen-bond acceptors (Lipinski definition) is 3. The standard InChI is InChI=1S/C22H29NO2/c1-16(2)22-9-8-21(12-17(22)3)25-15-20(24)14-23-11-10-18-6-4-5-7-19(18)13-23/h4-9,12,16,20,24H,10-11,13-15H2,1-3H3/t20-/m1/s1. The van der Waals surface area contributed by atoms with E-state index in [1.165, 1.54) is 22.3 Å². The van der Waals surface area contributed by atoms with Crippen LogP contribution in [0.3, 0.4) is 0 Å². The first-order chi connectivity index (χ1) is 12.0. The number of hydrogen-bond donors (Lipinski definition) is 1. The monoisotopic (exact) mass is 339 g/mol. The van der Waals surface area contributed by atoms with Crippen molar-refractivity contribution in [1.29, 1.82) is 0 Å². The van der Waals surface area contributed by atoms with Gasteiger partial charge in [-0.15, -0.1) is 0 Å². The third-order valence-electron chi connectivity index (χ3n) is 4.98. The molecule has 2 aromatic carbocycles. The third kappa shape index (κ3) is 4.62. The van der Waals surface area contributed by atoms with E-state index in [9.17, 15) is 5.11 Å². The van der Waals surface area contributed by atoms with Gasteiger partial charge in [-0.05, 0) is 53.6 Å². The van der Waals surface area contributed by atoms with Gasteiger partial charge in [-0.2, -0.15) is 0 Å². The summed E-state index contributed by atoms with van der Waals surface area (Å²) in [6.45, 7) is 9.40. The summed E-state index contributed by atoms with van der Waals surface area (Å²) in [4.78, 5) is 2.31. The molecule has 134 valence electrons. The van der Waals surface area contributed by atoms with E-state index < -0.39 is 6.10 Å². The predicted molar refractivity (Wildman–Crippen MR) is 102 cm³/mol. The molecular weight excluding hydrogens is 310 g/mol. The maximum atomic E-state index is 10.4. The molecule has 3 nitrogen and oxygen atoms in total. The quantitative estimate of drug-likeness (QED) is 0.866. The van der Waals surface area contributed by atoms with Crippen molar-refractivity contribution >= 4 is 0 Å². The largest absolute Gasteiger partial charge is 0.491 e. The maximum absolute atomic E-state index is 10.4. The molecule has 1 heterocycles. The number of rotatable bonds is 6. The Morgan fingerprint density at radius 1 is 1.12 bits per heavy atom. The Balaban J connectivity index is 1.50. The number of ether oxygens (including phenoxy) is 1. The van der Waals surface area contributed by atoms with E-state index in [0.29, 0.717) is 19.1 Å². The normalized spacial score (nSPS) is 15.9. The van der Waals surface area contributed by atoms with E-state index in [1.807, 2.05) is 6.07 Å². The second-order valence-corrected chi connectivity index (χ2v) is 7.39. The first kappa shape index (κ1) is 18.0. The molecule has 0 bridgehead atoms. The van der Waals surface area contributed by atoms with Gasteiger partial charge in [0.2, 0.25) is 0 Å². The third-order valence-corrected chi connectivity index (χ3v) is 4.98. The van der Waals surface area contributed by atoms with Gasteiger partial charge in [-0.3, -0.25) is 4.90 Å². The number of β-amino-alcohol motifs (C(OH)–C–C–N with tert-alkyl or cyclic N) is 1. The van der Waals surface area contributed by atoms with E-state index in [-0.39, 0.29) is 0 Å². The fourth-order valence-electron chi connectivity index (χ4n) is 3.64. The summed E-state index contributed by atoms with van der Waals surface area (Å²) in [6, 6.07) is 14.8. The Bertz CT molecular complexity index is 711. The Morgan fingerprint density at radius 3 is 2.60 bits per heavy atom. The minimum absolute atomic E-state index is 0.332. The Kier molecular flexibility index (Phi) is 5.77. The molecule has 0 amide bonds. The maximum Gasteiger partial charge on any atom is 0.119 e. The van der Waals surface area contributed by atoms with Crippen molar-refractivity contribution in [3.05, 3.63) is 64.7 Å². The van der Waals surface area contributed by atoms with Crippen LogP contribution in [-0.4, -0.2) is 35.8 Å². The van der Waals surface area contributed by atoms with E-state index in [4.69, 9.17) is 4.74 Å². The van der Waals surface area contributed by atoms with Crippen molar-refractivity contribution in [1.82, 2.24) is 4.90 Å². The number of aryl methyl sites for hydroxylation is 1. The van der Waals surface area contributed by atoms with Crippen molar-refractivity contribution in [2.45, 2.75) is 45.8 Å². The molecule has 0 unspecified atom stereocenters. The van der Waals surface area contributed by atoms with E-state index in [2.05, 4.69) is 62.1 Å². The number of benzene rings is 2. The molecule has 2 aromatic rings. The first-order valence-corrected chi connectivity index (χ1v) is 9.23. The van der Waals surface area contributed by atoms with Gasteiger partial charge in [-0.25, -0.2) is 0 Å². The topological polar surface area (TPSA) is 32.7 Å². The molecule has 0 aliphatic carbocycles. The summed E-state index contributed by atoms with van der Waals surface area (Å²) in [5.41, 5.74) is 5.40. The van der Waals surface area contributed by atoms with Crippen LogP contribution in [0.15, 0.2) is 42.5 Å². The fourth-order valence-corrected chi connectivity index (χ4v) is 3.64. The van der Waals surface area contributed by atoms with Crippen molar-refractivity contribution in [3.63, 3.8) is 0 Å². The van der Waals surface area contributed by atoms with E-state index in [0.717, 1.165) is 25.3 Å². The zero-order chi connectivity index (χ0) is 17.8. The second kappa shape index (κ2) is 8.03. The summed E-state index contributed by atoms with van der Waals surface area (Å²) in [5.74, 6) is 1.35. The Labute approximate surface area is 151 Å². The van der Waals surface area contributed by atoms with Gasteiger partial charge in [0.25, 0.3) is 0 Å². The molecule has 3 rings (SSSR count). The van der Waals surface area contributed by atoms with Gasteiger partial charge in [-0.1, -0.05) is 44.2 Å². The van der Waals surface area contributed by atoms with Crippen LogP contribution in [0, 0.1) is 6.92 Å². The van der Waals surface area contributed by atoms with Crippen LogP contribution >= 0.6 is 0 Å². The molecule has 1 aliphatic rings. The average Bonchev–Trinajstić information content (AvgIpc) is 2.59. The highest BCUT2D eigenvalue weighted by Gasteiger charge is 2.18. The molecular formula is C22H29NO2. The molecule has 1 aliphatic heterocycles. The summed E-state index contributed by atoms with van der Waals surface area (Å²) in [5, 5.41) is 10.4. The van der Waals surface area contributed by atoms with E-state index >= 15 is 0 Å². The summed E-state index contributed by atoms with van der Waals surface area (Å²) < 4.78 is 5.82. The number of nitrogens with zero attached hydrogens (tertiary/aromatic N) is 1. The fraction of sp³-hybridized carbons (Fsp3) is 0.455. The molecule has 3 heteroatoms. The lowest BCUT2D eigenvalue weighted by atomic mass is 9.98. The Morgan fingerprint density at radius 2 is 1.88 bits per heavy atom. The van der Waals surface area contributed by atoms with Crippen molar-refractivity contribution in [2.75, 3.05) is 19.7 Å². The molecule has 0 spiro atoms. The predicted octanol–water partition coefficient (Wildman–Crippen LogP) is 3.92. The van der Waals surface area contributed by atoms with Gasteiger partial charge in [0.15, 0.2) is 0 Å². The molecule has 1 N–H and O–H groups in total. The highest BCUT2D eigenvalue weighted by molar-refractivity contribution is 5.36. The summed E-state index contributed by atoms with van der Waals surface area (Å²) in [7, 11) is 0. The lowest BCUT2D eigenvalue weighted by Crippen LogP contribution is -2.38. The van der Waals surface area contributed by atoms with Gasteiger partial charge >= 0.3 is 0 Å². The molecule has 1 atom stereocenters. The lowest BCUT2D eigenvalue weighted by molar-refractivity contribution is 0.0637. The van der Waals surface area contributed by atoms with Crippen LogP contribution in [0.1, 0.15) is 42.0 Å². The van der Waals surface area contributed by atoms with Crippen LogP contribution in [-0.2, 0) is 13.0 Å². The highest BCUT2D eigenvalue weighted by atomic mass is 16.5. The molecule has 0 saturated carbocycles. The molecule has 0 radical (unpaired) electrons. The van der Waals surface area contributed by atoms with Crippen molar-refractivity contribution in [3.8, 4) is 5.75 Å². The number of fused-ring (bicyclic) bond motifs is 1. The lowest BCUT2D eigenvalue weighted by Gasteiger charge is -2.30. The molecule has 25 heavy (non-hydrogen) atoms. The average molecular weight is 339 g/mol.